The second-order valence-corrected chi connectivity index (χ2v) is 12.5. The highest BCUT2D eigenvalue weighted by Gasteiger charge is 2.52. The monoisotopic (exact) mass is 506 g/mol. The average molecular weight is 507 g/mol. The van der Waals surface area contributed by atoms with Crippen LogP contribution in [0.5, 0.6) is 0 Å². The van der Waals surface area contributed by atoms with Gasteiger partial charge in [-0.15, -0.1) is 11.3 Å². The molecule has 2 saturated heterocycles. The quantitative estimate of drug-likeness (QED) is 0.522. The topological polar surface area (TPSA) is 112 Å². The molecule has 3 N–H and O–H groups in total. The first-order chi connectivity index (χ1) is 16.2. The molecule has 2 fully saturated rings. The Balaban J connectivity index is 1.85. The summed E-state index contributed by atoms with van der Waals surface area (Å²) in [5.41, 5.74) is 0.410. The molecule has 196 valence electrons. The van der Waals surface area contributed by atoms with E-state index in [1.807, 2.05) is 32.2 Å². The van der Waals surface area contributed by atoms with E-state index >= 15 is 0 Å². The Morgan fingerprint density at radius 1 is 1.26 bits per heavy atom. The second-order valence-electron chi connectivity index (χ2n) is 11.4. The van der Waals surface area contributed by atoms with Crippen molar-refractivity contribution >= 4 is 29.1 Å². The Kier molecular flexibility index (Phi) is 8.62. The van der Waals surface area contributed by atoms with Crippen molar-refractivity contribution in [3.8, 4) is 0 Å². The van der Waals surface area contributed by atoms with Gasteiger partial charge in [-0.1, -0.05) is 34.1 Å². The van der Waals surface area contributed by atoms with Crippen LogP contribution in [-0.2, 0) is 14.3 Å². The predicted octanol–water partition coefficient (Wildman–Crippen LogP) is 4.05. The van der Waals surface area contributed by atoms with Crippen molar-refractivity contribution in [2.45, 2.75) is 111 Å². The van der Waals surface area contributed by atoms with Crippen LogP contribution in [0.1, 0.15) is 84.3 Å². The van der Waals surface area contributed by atoms with Crippen LogP contribution in [0.4, 0.5) is 0 Å². The maximum Gasteiger partial charge on any atom is 0.223 e. The van der Waals surface area contributed by atoms with Gasteiger partial charge in [-0.25, -0.2) is 4.98 Å². The van der Waals surface area contributed by atoms with Crippen molar-refractivity contribution in [2.75, 3.05) is 0 Å². The number of aliphatic hydroxyl groups is 2. The maximum atomic E-state index is 13.2. The summed E-state index contributed by atoms with van der Waals surface area (Å²) in [5, 5.41) is 27.8. The zero-order chi connectivity index (χ0) is 26.1. The van der Waals surface area contributed by atoms with E-state index in [1.165, 1.54) is 0 Å². The SMILES string of the molecule is C/C(=C\c1csc(C)n1)[C@@H]1CC2O[C@]2(C)CCCC(C)[C@H](O)C(C)C(=O)C(C)(C)C(O)CC(=O)N1. The molecule has 7 atom stereocenters. The molecule has 0 spiro atoms. The molecule has 0 aliphatic carbocycles. The van der Waals surface area contributed by atoms with Crippen molar-refractivity contribution < 1.29 is 24.5 Å². The number of hydrogen-bond donors (Lipinski definition) is 3. The minimum atomic E-state index is -1.17. The van der Waals surface area contributed by atoms with E-state index in [1.54, 1.807) is 32.1 Å². The van der Waals surface area contributed by atoms with Gasteiger partial charge in [0, 0.05) is 17.7 Å². The van der Waals surface area contributed by atoms with Gasteiger partial charge in [0.1, 0.15) is 5.78 Å². The largest absolute Gasteiger partial charge is 0.392 e. The number of rotatable bonds is 2. The van der Waals surface area contributed by atoms with E-state index in [9.17, 15) is 19.8 Å². The van der Waals surface area contributed by atoms with Gasteiger partial charge in [0.2, 0.25) is 5.91 Å². The number of nitrogens with one attached hydrogen (secondary N) is 1. The number of aromatic nitrogens is 1. The number of fused-ring (bicyclic) bond motifs is 1. The zero-order valence-electron chi connectivity index (χ0n) is 22.1. The van der Waals surface area contributed by atoms with Gasteiger partial charge in [-0.05, 0) is 51.2 Å². The first-order valence-electron chi connectivity index (χ1n) is 12.7. The van der Waals surface area contributed by atoms with E-state index < -0.39 is 23.5 Å². The number of hydrogen-bond acceptors (Lipinski definition) is 7. The summed E-state index contributed by atoms with van der Waals surface area (Å²) in [6.07, 6.45) is 2.99. The van der Waals surface area contributed by atoms with E-state index in [-0.39, 0.29) is 41.8 Å². The zero-order valence-corrected chi connectivity index (χ0v) is 22.9. The molecule has 4 unspecified atom stereocenters. The molecule has 3 rings (SSSR count). The van der Waals surface area contributed by atoms with Crippen LogP contribution in [0.15, 0.2) is 11.0 Å². The molecule has 1 aromatic rings. The summed E-state index contributed by atoms with van der Waals surface area (Å²) in [4.78, 5) is 30.8. The van der Waals surface area contributed by atoms with Gasteiger partial charge >= 0.3 is 0 Å². The number of ketones is 1. The molecule has 3 heterocycles. The number of epoxide rings is 1. The lowest BCUT2D eigenvalue weighted by Crippen LogP contribution is -2.47. The fraction of sp³-hybridized carbons (Fsp3) is 0.741. The molecule has 1 aromatic heterocycles. The number of ether oxygens (including phenoxy) is 1. The van der Waals surface area contributed by atoms with E-state index in [0.29, 0.717) is 6.42 Å². The lowest BCUT2D eigenvalue weighted by molar-refractivity contribution is -0.143. The molecule has 0 saturated carbocycles. The standard InChI is InChI=1S/C27H42N2O5S/c1-15-9-8-10-27(7)22(34-27)12-20(16(2)11-19-14-35-18(4)28-19)29-23(31)13-21(30)26(5,6)25(33)17(3)24(15)32/h11,14-15,17,20-22,24,30,32H,8-10,12-13H2,1-7H3,(H,29,31)/b16-11+/t15?,17?,20-,21?,22?,24-,27+/m0/s1. The lowest BCUT2D eigenvalue weighted by Gasteiger charge is -2.34. The first kappa shape index (κ1) is 28.0. The molecular weight excluding hydrogens is 464 g/mol. The molecule has 35 heavy (non-hydrogen) atoms. The Hall–Kier alpha value is -1.61. The summed E-state index contributed by atoms with van der Waals surface area (Å²) in [6.45, 7) is 13.0. The summed E-state index contributed by atoms with van der Waals surface area (Å²) in [6, 6.07) is -0.269. The van der Waals surface area contributed by atoms with Crippen LogP contribution in [-0.4, -0.2) is 56.8 Å². The highest BCUT2D eigenvalue weighted by atomic mass is 32.1. The third-order valence-electron chi connectivity index (χ3n) is 8.07. The minimum Gasteiger partial charge on any atom is -0.392 e. The third kappa shape index (κ3) is 6.59. The van der Waals surface area contributed by atoms with Crippen LogP contribution >= 0.6 is 11.3 Å². The van der Waals surface area contributed by atoms with Crippen LogP contribution in [0.3, 0.4) is 0 Å². The number of aliphatic hydroxyl groups excluding tert-OH is 2. The molecule has 0 bridgehead atoms. The molecule has 7 nitrogen and oxygen atoms in total. The van der Waals surface area contributed by atoms with E-state index in [4.69, 9.17) is 4.74 Å². The minimum absolute atomic E-state index is 0.0170. The van der Waals surface area contributed by atoms with Gasteiger partial charge in [-0.2, -0.15) is 0 Å². The highest BCUT2D eigenvalue weighted by molar-refractivity contribution is 7.09. The van der Waals surface area contributed by atoms with E-state index in [0.717, 1.165) is 35.5 Å². The number of aryl methyl sites for hydroxylation is 1. The number of carbonyl (C=O) groups excluding carboxylic acids is 2. The van der Waals surface area contributed by atoms with Crippen molar-refractivity contribution in [3.05, 3.63) is 21.7 Å². The van der Waals surface area contributed by atoms with Crippen LogP contribution in [0, 0.1) is 24.2 Å². The number of nitrogens with zero attached hydrogens (tertiary/aromatic N) is 1. The maximum absolute atomic E-state index is 13.2. The van der Waals surface area contributed by atoms with Gasteiger partial charge < -0.3 is 20.3 Å². The summed E-state index contributed by atoms with van der Waals surface area (Å²) < 4.78 is 6.10. The number of carbonyl (C=O) groups is 2. The number of amides is 1. The molecule has 2 aliphatic rings. The molecule has 8 heteroatoms. The smallest absolute Gasteiger partial charge is 0.223 e. The fourth-order valence-electron chi connectivity index (χ4n) is 5.19. The Morgan fingerprint density at radius 3 is 2.57 bits per heavy atom. The van der Waals surface area contributed by atoms with Crippen molar-refractivity contribution in [2.24, 2.45) is 17.3 Å². The number of thiazole rings is 1. The summed E-state index contributed by atoms with van der Waals surface area (Å²) in [5.74, 6) is -1.24. The number of Topliss-reactive ketones (excluding diaryl/α,β-unsaturated/α-hetero) is 1. The van der Waals surface area contributed by atoms with Crippen molar-refractivity contribution in [1.29, 1.82) is 0 Å². The van der Waals surface area contributed by atoms with Crippen LogP contribution in [0.25, 0.3) is 6.08 Å². The molecule has 2 aliphatic heterocycles. The lowest BCUT2D eigenvalue weighted by atomic mass is 9.72. The fourth-order valence-corrected chi connectivity index (χ4v) is 5.76. The van der Waals surface area contributed by atoms with E-state index in [2.05, 4.69) is 17.2 Å². The Labute approximate surface area is 213 Å². The average Bonchev–Trinajstić information content (AvgIpc) is 3.22. The summed E-state index contributed by atoms with van der Waals surface area (Å²) >= 11 is 1.58. The van der Waals surface area contributed by atoms with Gasteiger partial charge in [0.15, 0.2) is 0 Å². The Morgan fingerprint density at radius 2 is 1.94 bits per heavy atom. The predicted molar refractivity (Wildman–Crippen MR) is 138 cm³/mol. The molecular formula is C27H42N2O5S. The van der Waals surface area contributed by atoms with Gasteiger partial charge in [0.25, 0.3) is 0 Å². The molecule has 0 aromatic carbocycles. The van der Waals surface area contributed by atoms with Crippen LogP contribution in [0.2, 0.25) is 0 Å². The molecule has 1 amide bonds. The first-order valence-corrected chi connectivity index (χ1v) is 13.6. The Bertz CT molecular complexity index is 957. The highest BCUT2D eigenvalue weighted by Crippen LogP contribution is 2.44. The molecule has 0 radical (unpaired) electrons. The van der Waals surface area contributed by atoms with Crippen LogP contribution < -0.4 is 5.32 Å². The van der Waals surface area contributed by atoms with Crippen molar-refractivity contribution in [3.63, 3.8) is 0 Å². The van der Waals surface area contributed by atoms with Gasteiger partial charge in [-0.3, -0.25) is 9.59 Å². The summed E-state index contributed by atoms with van der Waals surface area (Å²) in [7, 11) is 0. The van der Waals surface area contributed by atoms with Crippen molar-refractivity contribution in [1.82, 2.24) is 10.3 Å². The second kappa shape index (κ2) is 10.8. The normalized spacial score (nSPS) is 37.5. The van der Waals surface area contributed by atoms with Gasteiger partial charge in [0.05, 0.1) is 52.5 Å². The third-order valence-corrected chi connectivity index (χ3v) is 8.86.